The number of hydrogen-bond acceptors (Lipinski definition) is 5. The maximum atomic E-state index is 12.8. The molecule has 1 aromatic carbocycles. The molecule has 1 aliphatic heterocycles. The van der Waals surface area contributed by atoms with E-state index in [0.29, 0.717) is 38.2 Å². The van der Waals surface area contributed by atoms with Crippen LogP contribution in [0, 0.1) is 17.8 Å². The zero-order valence-electron chi connectivity index (χ0n) is 18.5. The third-order valence-electron chi connectivity index (χ3n) is 6.89. The van der Waals surface area contributed by atoms with Crippen LogP contribution in [0.3, 0.4) is 0 Å². The quantitative estimate of drug-likeness (QED) is 0.469. The van der Waals surface area contributed by atoms with Crippen molar-refractivity contribution in [3.8, 4) is 5.75 Å². The van der Waals surface area contributed by atoms with E-state index in [1.807, 2.05) is 0 Å². The second kappa shape index (κ2) is 11.5. The number of carboxylic acids is 1. The summed E-state index contributed by atoms with van der Waals surface area (Å²) in [6.07, 6.45) is -0.967. The highest BCUT2D eigenvalue weighted by Gasteiger charge is 2.44. The van der Waals surface area contributed by atoms with Crippen molar-refractivity contribution in [3.05, 3.63) is 29.8 Å². The van der Waals surface area contributed by atoms with Crippen LogP contribution in [0.25, 0.3) is 0 Å². The van der Waals surface area contributed by atoms with Gasteiger partial charge in [-0.1, -0.05) is 6.07 Å². The molecule has 2 fully saturated rings. The Balaban J connectivity index is 1.45. The van der Waals surface area contributed by atoms with E-state index in [1.165, 1.54) is 12.1 Å². The Morgan fingerprint density at radius 1 is 1.24 bits per heavy atom. The average molecular weight is 475 g/mol. The van der Waals surface area contributed by atoms with Crippen molar-refractivity contribution in [1.29, 1.82) is 0 Å². The summed E-state index contributed by atoms with van der Waals surface area (Å²) in [5, 5.41) is 29.7. The van der Waals surface area contributed by atoms with Crippen LogP contribution in [-0.4, -0.2) is 52.8 Å². The van der Waals surface area contributed by atoms with Gasteiger partial charge in [0.05, 0.1) is 23.9 Å². The van der Waals surface area contributed by atoms with Crippen molar-refractivity contribution in [1.82, 2.24) is 0 Å². The van der Waals surface area contributed by atoms with Crippen LogP contribution in [0.2, 0.25) is 0 Å². The van der Waals surface area contributed by atoms with Gasteiger partial charge in [-0.2, -0.15) is 13.2 Å². The van der Waals surface area contributed by atoms with E-state index >= 15 is 0 Å². The van der Waals surface area contributed by atoms with Gasteiger partial charge in [0.15, 0.2) is 0 Å². The summed E-state index contributed by atoms with van der Waals surface area (Å²) in [7, 11) is 0. The standard InChI is InChI=1S/C24H33F3O6/c25-24(26,27)16-4-2-5-18(11-16)32-14-17(28)8-10-19-20-9-7-15(3-1-6-23(30)31)13-33-22(20)12-21(19)29/h2,4-5,11,15,17,19-22,28-29H,1,3,6-10,12-14H2,(H,30,31)/t15-,17+,19+,20+,21+,22-/m0/s1. The van der Waals surface area contributed by atoms with E-state index in [-0.39, 0.29) is 36.7 Å². The highest BCUT2D eigenvalue weighted by atomic mass is 19.4. The minimum Gasteiger partial charge on any atom is -0.491 e. The molecule has 0 radical (unpaired) electrons. The van der Waals surface area contributed by atoms with Crippen LogP contribution < -0.4 is 4.74 Å². The number of aliphatic carboxylic acids is 1. The molecule has 0 amide bonds. The molecule has 1 aliphatic carbocycles. The molecule has 1 heterocycles. The molecular formula is C24H33F3O6. The summed E-state index contributed by atoms with van der Waals surface area (Å²) >= 11 is 0. The molecule has 3 rings (SSSR count). The van der Waals surface area contributed by atoms with E-state index < -0.39 is 29.9 Å². The Kier molecular flexibility index (Phi) is 9.01. The van der Waals surface area contributed by atoms with Gasteiger partial charge in [-0.05, 0) is 74.5 Å². The lowest BCUT2D eigenvalue weighted by Gasteiger charge is -2.24. The predicted molar refractivity (Wildman–Crippen MR) is 114 cm³/mol. The number of alkyl halides is 3. The van der Waals surface area contributed by atoms with E-state index in [1.54, 1.807) is 0 Å². The predicted octanol–water partition coefficient (Wildman–Crippen LogP) is 4.27. The van der Waals surface area contributed by atoms with Gasteiger partial charge in [0.2, 0.25) is 0 Å². The Bertz CT molecular complexity index is 771. The van der Waals surface area contributed by atoms with Crippen LogP contribution in [0.5, 0.6) is 5.75 Å². The lowest BCUT2D eigenvalue weighted by Crippen LogP contribution is -2.25. The summed E-state index contributed by atoms with van der Waals surface area (Å²) in [4.78, 5) is 10.7. The summed E-state index contributed by atoms with van der Waals surface area (Å²) in [6, 6.07) is 4.56. The number of ether oxygens (including phenoxy) is 2. The van der Waals surface area contributed by atoms with Crippen molar-refractivity contribution >= 4 is 5.97 Å². The number of halogens is 3. The molecule has 186 valence electrons. The number of benzene rings is 1. The van der Waals surface area contributed by atoms with Crippen molar-refractivity contribution in [2.45, 2.75) is 75.9 Å². The molecule has 0 aromatic heterocycles. The van der Waals surface area contributed by atoms with Crippen molar-refractivity contribution in [2.75, 3.05) is 13.2 Å². The van der Waals surface area contributed by atoms with Crippen LogP contribution in [0.15, 0.2) is 24.3 Å². The fraction of sp³-hybridized carbons (Fsp3) is 0.708. The smallest absolute Gasteiger partial charge is 0.416 e. The number of hydrogen-bond donors (Lipinski definition) is 3. The lowest BCUT2D eigenvalue weighted by atomic mass is 9.84. The van der Waals surface area contributed by atoms with Gasteiger partial charge in [-0.15, -0.1) is 0 Å². The normalized spacial score (nSPS) is 28.7. The maximum Gasteiger partial charge on any atom is 0.416 e. The zero-order chi connectivity index (χ0) is 24.0. The first-order valence-electron chi connectivity index (χ1n) is 11.6. The molecule has 6 atom stereocenters. The second-order valence-corrected chi connectivity index (χ2v) is 9.30. The lowest BCUT2D eigenvalue weighted by molar-refractivity contribution is -0.138. The summed E-state index contributed by atoms with van der Waals surface area (Å²) in [6.45, 7) is 0.452. The van der Waals surface area contributed by atoms with Crippen LogP contribution in [-0.2, 0) is 15.7 Å². The Hall–Kier alpha value is -1.84. The third kappa shape index (κ3) is 7.58. The molecule has 3 N–H and O–H groups in total. The van der Waals surface area contributed by atoms with Gasteiger partial charge < -0.3 is 24.8 Å². The van der Waals surface area contributed by atoms with Gasteiger partial charge in [0.25, 0.3) is 0 Å². The van der Waals surface area contributed by atoms with E-state index in [9.17, 15) is 28.2 Å². The van der Waals surface area contributed by atoms with Gasteiger partial charge in [-0.3, -0.25) is 4.79 Å². The summed E-state index contributed by atoms with van der Waals surface area (Å²) < 4.78 is 49.9. The second-order valence-electron chi connectivity index (χ2n) is 9.30. The Labute approximate surface area is 191 Å². The average Bonchev–Trinajstić information content (AvgIpc) is 2.91. The third-order valence-corrected chi connectivity index (χ3v) is 6.89. The molecule has 1 saturated heterocycles. The number of rotatable bonds is 10. The summed E-state index contributed by atoms with van der Waals surface area (Å²) in [5.74, 6) is -0.257. The molecule has 1 saturated carbocycles. The van der Waals surface area contributed by atoms with Crippen LogP contribution in [0.1, 0.15) is 56.9 Å². The molecule has 0 spiro atoms. The Morgan fingerprint density at radius 2 is 2.03 bits per heavy atom. The zero-order valence-corrected chi connectivity index (χ0v) is 18.5. The first kappa shape index (κ1) is 25.8. The fourth-order valence-corrected chi connectivity index (χ4v) is 5.11. The number of aliphatic hydroxyl groups is 2. The van der Waals surface area contributed by atoms with Gasteiger partial charge in [-0.25, -0.2) is 0 Å². The number of fused-ring (bicyclic) bond motifs is 1. The molecule has 9 heteroatoms. The van der Waals surface area contributed by atoms with E-state index in [2.05, 4.69) is 0 Å². The highest BCUT2D eigenvalue weighted by molar-refractivity contribution is 5.66. The SMILES string of the molecule is O=C(O)CCC[C@H]1CC[C@@H]2[C@@H](CC[C@@H](O)COc3cccc(C(F)(F)F)c3)[C@H](O)C[C@@H]2OC1. The fourth-order valence-electron chi connectivity index (χ4n) is 5.11. The topological polar surface area (TPSA) is 96.2 Å². The minimum absolute atomic E-state index is 0.0176. The van der Waals surface area contributed by atoms with Crippen molar-refractivity contribution < 1.29 is 42.8 Å². The van der Waals surface area contributed by atoms with Gasteiger partial charge in [0, 0.05) is 19.4 Å². The number of carbonyl (C=O) groups is 1. The van der Waals surface area contributed by atoms with E-state index in [0.717, 1.165) is 31.4 Å². The van der Waals surface area contributed by atoms with Crippen molar-refractivity contribution in [2.24, 2.45) is 17.8 Å². The molecule has 1 aromatic rings. The van der Waals surface area contributed by atoms with Gasteiger partial charge in [0.1, 0.15) is 12.4 Å². The van der Waals surface area contributed by atoms with Gasteiger partial charge >= 0.3 is 12.1 Å². The van der Waals surface area contributed by atoms with E-state index in [4.69, 9.17) is 14.6 Å². The minimum atomic E-state index is -4.46. The van der Waals surface area contributed by atoms with Crippen molar-refractivity contribution in [3.63, 3.8) is 0 Å². The van der Waals surface area contributed by atoms with Crippen LogP contribution >= 0.6 is 0 Å². The molecule has 6 nitrogen and oxygen atoms in total. The summed E-state index contributed by atoms with van der Waals surface area (Å²) in [5.41, 5.74) is -0.802. The molecular weight excluding hydrogens is 441 g/mol. The maximum absolute atomic E-state index is 12.8. The number of aliphatic hydroxyl groups excluding tert-OH is 2. The molecule has 2 aliphatic rings. The Morgan fingerprint density at radius 3 is 2.76 bits per heavy atom. The number of carboxylic acid groups (broad SMARTS) is 1. The monoisotopic (exact) mass is 474 g/mol. The molecule has 0 unspecified atom stereocenters. The first-order chi connectivity index (χ1) is 15.6. The highest BCUT2D eigenvalue weighted by Crippen LogP contribution is 2.43. The molecule has 0 bridgehead atoms. The first-order valence-corrected chi connectivity index (χ1v) is 11.6. The molecule has 33 heavy (non-hydrogen) atoms. The largest absolute Gasteiger partial charge is 0.491 e. The van der Waals surface area contributed by atoms with Crippen LogP contribution in [0.4, 0.5) is 13.2 Å².